The molecule has 5 nitrogen and oxygen atoms in total. The standard InChI is InChI=1S/C15H24N2O3/c1-10(2)8-16-9-13-14(7-6-11(3)17-13)20-12(4)15(18)19-5/h6-7,10,12,16H,8-9H2,1-5H3. The second kappa shape index (κ2) is 7.85. The molecule has 0 saturated carbocycles. The van der Waals surface area contributed by atoms with Crippen LogP contribution in [0.5, 0.6) is 5.75 Å². The van der Waals surface area contributed by atoms with Crippen LogP contribution in [0.4, 0.5) is 0 Å². The highest BCUT2D eigenvalue weighted by atomic mass is 16.6. The zero-order chi connectivity index (χ0) is 15.1. The summed E-state index contributed by atoms with van der Waals surface area (Å²) in [6.45, 7) is 9.40. The van der Waals surface area contributed by atoms with E-state index in [2.05, 4.69) is 28.9 Å². The van der Waals surface area contributed by atoms with Crippen molar-refractivity contribution >= 4 is 5.97 Å². The molecule has 0 saturated heterocycles. The minimum atomic E-state index is -0.645. The molecule has 0 fully saturated rings. The summed E-state index contributed by atoms with van der Waals surface area (Å²) in [5.41, 5.74) is 1.73. The van der Waals surface area contributed by atoms with Gasteiger partial charge in [-0.15, -0.1) is 0 Å². The topological polar surface area (TPSA) is 60.5 Å². The van der Waals surface area contributed by atoms with Crippen LogP contribution in [-0.2, 0) is 16.1 Å². The lowest BCUT2D eigenvalue weighted by atomic mass is 10.2. The van der Waals surface area contributed by atoms with E-state index in [0.29, 0.717) is 18.2 Å². The second-order valence-electron chi connectivity index (χ2n) is 5.21. The van der Waals surface area contributed by atoms with Gasteiger partial charge in [0.1, 0.15) is 5.75 Å². The number of pyridine rings is 1. The van der Waals surface area contributed by atoms with Crippen LogP contribution in [0, 0.1) is 12.8 Å². The van der Waals surface area contributed by atoms with E-state index in [4.69, 9.17) is 4.74 Å². The first kappa shape index (κ1) is 16.4. The van der Waals surface area contributed by atoms with Gasteiger partial charge in [-0.3, -0.25) is 4.98 Å². The van der Waals surface area contributed by atoms with Gasteiger partial charge in [-0.25, -0.2) is 4.79 Å². The van der Waals surface area contributed by atoms with Crippen molar-refractivity contribution in [1.82, 2.24) is 10.3 Å². The van der Waals surface area contributed by atoms with Gasteiger partial charge in [0.2, 0.25) is 0 Å². The largest absolute Gasteiger partial charge is 0.477 e. The molecule has 1 aromatic rings. The number of aryl methyl sites for hydroxylation is 1. The Hall–Kier alpha value is -1.62. The number of hydrogen-bond acceptors (Lipinski definition) is 5. The Balaban J connectivity index is 2.76. The molecule has 0 aliphatic carbocycles. The highest BCUT2D eigenvalue weighted by Crippen LogP contribution is 2.18. The summed E-state index contributed by atoms with van der Waals surface area (Å²) < 4.78 is 10.3. The van der Waals surface area contributed by atoms with Crippen LogP contribution in [0.3, 0.4) is 0 Å². The first-order chi connectivity index (χ1) is 9.43. The number of ether oxygens (including phenoxy) is 2. The van der Waals surface area contributed by atoms with E-state index in [0.717, 1.165) is 17.9 Å². The van der Waals surface area contributed by atoms with Crippen LogP contribution in [-0.4, -0.2) is 30.7 Å². The molecule has 0 radical (unpaired) electrons. The summed E-state index contributed by atoms with van der Waals surface area (Å²) in [4.78, 5) is 15.9. The fourth-order valence-electron chi connectivity index (χ4n) is 1.72. The number of nitrogens with one attached hydrogen (secondary N) is 1. The van der Waals surface area contributed by atoms with Gasteiger partial charge in [-0.1, -0.05) is 13.8 Å². The highest BCUT2D eigenvalue weighted by Gasteiger charge is 2.17. The molecule has 5 heteroatoms. The van der Waals surface area contributed by atoms with E-state index in [-0.39, 0.29) is 0 Å². The molecule has 0 amide bonds. The first-order valence-electron chi connectivity index (χ1n) is 6.85. The Morgan fingerprint density at radius 3 is 2.65 bits per heavy atom. The Morgan fingerprint density at radius 1 is 1.35 bits per heavy atom. The molecule has 0 bridgehead atoms. The summed E-state index contributed by atoms with van der Waals surface area (Å²) in [6, 6.07) is 3.71. The monoisotopic (exact) mass is 280 g/mol. The van der Waals surface area contributed by atoms with Crippen molar-refractivity contribution in [3.8, 4) is 5.75 Å². The molecular formula is C15H24N2O3. The third kappa shape index (κ3) is 5.17. The van der Waals surface area contributed by atoms with Crippen molar-refractivity contribution in [2.45, 2.75) is 40.3 Å². The number of esters is 1. The van der Waals surface area contributed by atoms with Gasteiger partial charge in [0, 0.05) is 12.2 Å². The summed E-state index contributed by atoms with van der Waals surface area (Å²) in [5.74, 6) is 0.787. The normalized spacial score (nSPS) is 12.3. The molecule has 1 atom stereocenters. The molecule has 0 aromatic carbocycles. The molecule has 1 aromatic heterocycles. The van der Waals surface area contributed by atoms with Gasteiger partial charge < -0.3 is 14.8 Å². The SMILES string of the molecule is COC(=O)C(C)Oc1ccc(C)nc1CNCC(C)C. The van der Waals surface area contributed by atoms with Crippen molar-refractivity contribution in [2.75, 3.05) is 13.7 Å². The number of hydrogen-bond donors (Lipinski definition) is 1. The van der Waals surface area contributed by atoms with Crippen molar-refractivity contribution in [2.24, 2.45) is 5.92 Å². The van der Waals surface area contributed by atoms with E-state index in [1.807, 2.05) is 19.1 Å². The van der Waals surface area contributed by atoms with Crippen LogP contribution >= 0.6 is 0 Å². The number of carbonyl (C=O) groups is 1. The molecule has 112 valence electrons. The molecule has 20 heavy (non-hydrogen) atoms. The number of rotatable bonds is 7. The van der Waals surface area contributed by atoms with Crippen molar-refractivity contribution < 1.29 is 14.3 Å². The maximum Gasteiger partial charge on any atom is 0.346 e. The fourth-order valence-corrected chi connectivity index (χ4v) is 1.72. The lowest BCUT2D eigenvalue weighted by molar-refractivity contribution is -0.147. The number of aromatic nitrogens is 1. The second-order valence-corrected chi connectivity index (χ2v) is 5.21. The predicted molar refractivity (Wildman–Crippen MR) is 77.6 cm³/mol. The van der Waals surface area contributed by atoms with E-state index in [1.165, 1.54) is 7.11 Å². The zero-order valence-electron chi connectivity index (χ0n) is 12.9. The summed E-state index contributed by atoms with van der Waals surface area (Å²) >= 11 is 0. The molecule has 1 rings (SSSR count). The Morgan fingerprint density at radius 2 is 2.05 bits per heavy atom. The summed E-state index contributed by atoms with van der Waals surface area (Å²) in [6.07, 6.45) is -0.645. The predicted octanol–water partition coefficient (Wildman–Crippen LogP) is 2.08. The third-order valence-electron chi connectivity index (χ3n) is 2.75. The molecule has 0 spiro atoms. The number of methoxy groups -OCH3 is 1. The molecule has 0 aliphatic heterocycles. The van der Waals surface area contributed by atoms with E-state index < -0.39 is 12.1 Å². The van der Waals surface area contributed by atoms with E-state index >= 15 is 0 Å². The smallest absolute Gasteiger partial charge is 0.346 e. The van der Waals surface area contributed by atoms with Gasteiger partial charge in [0.25, 0.3) is 0 Å². The van der Waals surface area contributed by atoms with Crippen LogP contribution in [0.15, 0.2) is 12.1 Å². The van der Waals surface area contributed by atoms with Gasteiger partial charge in [-0.05, 0) is 38.4 Å². The fraction of sp³-hybridized carbons (Fsp3) is 0.600. The lowest BCUT2D eigenvalue weighted by Gasteiger charge is -2.16. The van der Waals surface area contributed by atoms with E-state index in [1.54, 1.807) is 6.92 Å². The lowest BCUT2D eigenvalue weighted by Crippen LogP contribution is -2.26. The maximum atomic E-state index is 11.4. The van der Waals surface area contributed by atoms with Crippen molar-refractivity contribution in [3.05, 3.63) is 23.5 Å². The van der Waals surface area contributed by atoms with Crippen LogP contribution in [0.1, 0.15) is 32.2 Å². The van der Waals surface area contributed by atoms with Gasteiger partial charge in [0.15, 0.2) is 6.10 Å². The molecular weight excluding hydrogens is 256 g/mol. The molecule has 0 aliphatic rings. The Kier molecular flexibility index (Phi) is 6.45. The minimum absolute atomic E-state index is 0.397. The molecule has 1 unspecified atom stereocenters. The van der Waals surface area contributed by atoms with E-state index in [9.17, 15) is 4.79 Å². The highest BCUT2D eigenvalue weighted by molar-refractivity contribution is 5.74. The number of nitrogens with zero attached hydrogens (tertiary/aromatic N) is 1. The average Bonchev–Trinajstić information content (AvgIpc) is 2.40. The number of carbonyl (C=O) groups excluding carboxylic acids is 1. The summed E-state index contributed by atoms with van der Waals surface area (Å²) in [7, 11) is 1.35. The zero-order valence-corrected chi connectivity index (χ0v) is 12.9. The molecule has 1 N–H and O–H groups in total. The first-order valence-corrected chi connectivity index (χ1v) is 6.85. The minimum Gasteiger partial charge on any atom is -0.477 e. The Labute approximate surface area is 120 Å². The van der Waals surface area contributed by atoms with Crippen LogP contribution in [0.2, 0.25) is 0 Å². The van der Waals surface area contributed by atoms with Crippen LogP contribution in [0.25, 0.3) is 0 Å². The quantitative estimate of drug-likeness (QED) is 0.775. The van der Waals surface area contributed by atoms with Crippen molar-refractivity contribution in [3.63, 3.8) is 0 Å². The maximum absolute atomic E-state index is 11.4. The van der Waals surface area contributed by atoms with Gasteiger partial charge >= 0.3 is 5.97 Å². The van der Waals surface area contributed by atoms with Crippen molar-refractivity contribution in [1.29, 1.82) is 0 Å². The Bertz CT molecular complexity index is 447. The van der Waals surface area contributed by atoms with Gasteiger partial charge in [0.05, 0.1) is 12.8 Å². The molecule has 1 heterocycles. The third-order valence-corrected chi connectivity index (χ3v) is 2.75. The van der Waals surface area contributed by atoms with Crippen LogP contribution < -0.4 is 10.1 Å². The van der Waals surface area contributed by atoms with Gasteiger partial charge in [-0.2, -0.15) is 0 Å². The average molecular weight is 280 g/mol. The summed E-state index contributed by atoms with van der Waals surface area (Å²) in [5, 5.41) is 3.33.